The smallest absolute Gasteiger partial charge is 0.135 e. The first-order chi connectivity index (χ1) is 8.97. The molecule has 4 heteroatoms. The topological polar surface area (TPSA) is 40.0 Å². The SMILES string of the molecule is CCC(C)(C)N=Cc1c(OC)cc(OC)cc1OC. The Balaban J connectivity index is 3.25. The maximum atomic E-state index is 5.38. The third-order valence-corrected chi connectivity index (χ3v) is 3.16. The number of hydrogen-bond donors (Lipinski definition) is 0. The second kappa shape index (κ2) is 6.45. The van der Waals surface area contributed by atoms with Crippen LogP contribution >= 0.6 is 0 Å². The standard InChI is InChI=1S/C15H23NO3/c1-7-15(2,3)16-10-12-13(18-5)8-11(17-4)9-14(12)19-6/h8-10H,7H2,1-6H3. The minimum atomic E-state index is -0.101. The molecule has 0 heterocycles. The molecule has 0 aliphatic rings. The molecule has 1 rings (SSSR count). The van der Waals surface area contributed by atoms with Crippen LogP contribution in [0, 0.1) is 0 Å². The highest BCUT2D eigenvalue weighted by Gasteiger charge is 2.15. The van der Waals surface area contributed by atoms with Gasteiger partial charge in [0.05, 0.1) is 32.4 Å². The fraction of sp³-hybridized carbons (Fsp3) is 0.533. The number of nitrogens with zero attached hydrogens (tertiary/aromatic N) is 1. The van der Waals surface area contributed by atoms with Gasteiger partial charge in [-0.15, -0.1) is 0 Å². The van der Waals surface area contributed by atoms with Crippen LogP contribution in [-0.4, -0.2) is 33.1 Å². The van der Waals surface area contributed by atoms with Gasteiger partial charge in [-0.2, -0.15) is 0 Å². The quantitative estimate of drug-likeness (QED) is 0.741. The summed E-state index contributed by atoms with van der Waals surface area (Å²) in [5.41, 5.74) is 0.725. The maximum Gasteiger partial charge on any atom is 0.135 e. The highest BCUT2D eigenvalue weighted by molar-refractivity contribution is 5.88. The Kier molecular flexibility index (Phi) is 5.21. The summed E-state index contributed by atoms with van der Waals surface area (Å²) in [5.74, 6) is 2.07. The van der Waals surface area contributed by atoms with Crippen molar-refractivity contribution in [3.8, 4) is 17.2 Å². The van der Waals surface area contributed by atoms with Crippen LogP contribution in [0.5, 0.6) is 17.2 Å². The van der Waals surface area contributed by atoms with E-state index in [0.29, 0.717) is 17.2 Å². The average molecular weight is 265 g/mol. The van der Waals surface area contributed by atoms with Gasteiger partial charge < -0.3 is 14.2 Å². The minimum absolute atomic E-state index is 0.101. The number of ether oxygens (including phenoxy) is 3. The number of rotatable bonds is 6. The van der Waals surface area contributed by atoms with Crippen LogP contribution in [0.25, 0.3) is 0 Å². The van der Waals surface area contributed by atoms with Crippen molar-refractivity contribution in [2.75, 3.05) is 21.3 Å². The second-order valence-corrected chi connectivity index (χ2v) is 4.87. The fourth-order valence-electron chi connectivity index (χ4n) is 1.49. The first-order valence-electron chi connectivity index (χ1n) is 6.32. The number of methoxy groups -OCH3 is 3. The van der Waals surface area contributed by atoms with Crippen molar-refractivity contribution in [2.45, 2.75) is 32.7 Å². The van der Waals surface area contributed by atoms with Gasteiger partial charge in [-0.3, -0.25) is 4.99 Å². The summed E-state index contributed by atoms with van der Waals surface area (Å²) in [4.78, 5) is 4.59. The molecule has 1 aromatic rings. The molecule has 0 radical (unpaired) electrons. The monoisotopic (exact) mass is 265 g/mol. The summed E-state index contributed by atoms with van der Waals surface area (Å²) in [6, 6.07) is 3.64. The van der Waals surface area contributed by atoms with Crippen molar-refractivity contribution in [3.05, 3.63) is 17.7 Å². The molecule has 0 saturated heterocycles. The van der Waals surface area contributed by atoms with Crippen LogP contribution in [0.2, 0.25) is 0 Å². The van der Waals surface area contributed by atoms with E-state index in [9.17, 15) is 0 Å². The first-order valence-corrected chi connectivity index (χ1v) is 6.32. The molecule has 0 aliphatic carbocycles. The van der Waals surface area contributed by atoms with Crippen molar-refractivity contribution < 1.29 is 14.2 Å². The lowest BCUT2D eigenvalue weighted by Gasteiger charge is -2.17. The van der Waals surface area contributed by atoms with Crippen molar-refractivity contribution in [2.24, 2.45) is 4.99 Å². The molecule has 1 aromatic carbocycles. The first kappa shape index (κ1) is 15.3. The van der Waals surface area contributed by atoms with Crippen LogP contribution in [0.3, 0.4) is 0 Å². The van der Waals surface area contributed by atoms with Gasteiger partial charge >= 0.3 is 0 Å². The molecule has 0 bridgehead atoms. The third kappa shape index (κ3) is 3.88. The molecule has 0 aliphatic heterocycles. The van der Waals surface area contributed by atoms with Gasteiger partial charge in [0.25, 0.3) is 0 Å². The molecular formula is C15H23NO3. The van der Waals surface area contributed by atoms with Crippen LogP contribution in [0.4, 0.5) is 0 Å². The molecule has 106 valence electrons. The van der Waals surface area contributed by atoms with Crippen molar-refractivity contribution in [1.29, 1.82) is 0 Å². The van der Waals surface area contributed by atoms with E-state index < -0.39 is 0 Å². The van der Waals surface area contributed by atoms with E-state index in [0.717, 1.165) is 12.0 Å². The van der Waals surface area contributed by atoms with Gasteiger partial charge in [0.2, 0.25) is 0 Å². The zero-order valence-electron chi connectivity index (χ0n) is 12.6. The minimum Gasteiger partial charge on any atom is -0.496 e. The highest BCUT2D eigenvalue weighted by Crippen LogP contribution is 2.33. The Bertz CT molecular complexity index is 428. The maximum absolute atomic E-state index is 5.38. The summed E-state index contributed by atoms with van der Waals surface area (Å²) in [5, 5.41) is 0. The van der Waals surface area contributed by atoms with Gasteiger partial charge in [-0.25, -0.2) is 0 Å². The Hall–Kier alpha value is -1.71. The lowest BCUT2D eigenvalue weighted by molar-refractivity contribution is 0.374. The van der Waals surface area contributed by atoms with Gasteiger partial charge in [-0.1, -0.05) is 6.92 Å². The molecule has 0 atom stereocenters. The molecule has 0 spiro atoms. The molecule has 0 fully saturated rings. The summed E-state index contributed by atoms with van der Waals surface area (Å²) < 4.78 is 16.0. The molecule has 0 aromatic heterocycles. The van der Waals surface area contributed by atoms with Crippen LogP contribution in [0.1, 0.15) is 32.8 Å². The Labute approximate surface area is 115 Å². The Morgan fingerprint density at radius 3 is 1.95 bits per heavy atom. The summed E-state index contributed by atoms with van der Waals surface area (Å²) in [6.45, 7) is 6.29. The number of benzene rings is 1. The van der Waals surface area contributed by atoms with E-state index in [-0.39, 0.29) is 5.54 Å². The fourth-order valence-corrected chi connectivity index (χ4v) is 1.49. The van der Waals surface area contributed by atoms with Gasteiger partial charge in [-0.05, 0) is 20.3 Å². The number of hydrogen-bond acceptors (Lipinski definition) is 4. The predicted molar refractivity (Wildman–Crippen MR) is 78.1 cm³/mol. The predicted octanol–water partition coefficient (Wildman–Crippen LogP) is 3.32. The Morgan fingerprint density at radius 1 is 1.05 bits per heavy atom. The van der Waals surface area contributed by atoms with Crippen LogP contribution in [0.15, 0.2) is 17.1 Å². The average Bonchev–Trinajstić information content (AvgIpc) is 2.44. The van der Waals surface area contributed by atoms with E-state index in [4.69, 9.17) is 14.2 Å². The second-order valence-electron chi connectivity index (χ2n) is 4.87. The molecule has 4 nitrogen and oxygen atoms in total. The summed E-state index contributed by atoms with van der Waals surface area (Å²) >= 11 is 0. The van der Waals surface area contributed by atoms with Crippen molar-refractivity contribution >= 4 is 6.21 Å². The van der Waals surface area contributed by atoms with Crippen LogP contribution < -0.4 is 14.2 Å². The Morgan fingerprint density at radius 2 is 1.58 bits per heavy atom. The lowest BCUT2D eigenvalue weighted by Crippen LogP contribution is -2.15. The largest absolute Gasteiger partial charge is 0.496 e. The zero-order chi connectivity index (χ0) is 14.5. The van der Waals surface area contributed by atoms with E-state index in [2.05, 4.69) is 25.8 Å². The summed E-state index contributed by atoms with van der Waals surface area (Å²) in [6.07, 6.45) is 2.77. The third-order valence-electron chi connectivity index (χ3n) is 3.16. The normalized spacial score (nSPS) is 11.7. The van der Waals surface area contributed by atoms with E-state index in [1.165, 1.54) is 0 Å². The van der Waals surface area contributed by atoms with E-state index in [1.807, 2.05) is 12.1 Å². The van der Waals surface area contributed by atoms with Gasteiger partial charge in [0.15, 0.2) is 0 Å². The van der Waals surface area contributed by atoms with E-state index in [1.54, 1.807) is 27.5 Å². The van der Waals surface area contributed by atoms with Crippen molar-refractivity contribution in [3.63, 3.8) is 0 Å². The molecule has 19 heavy (non-hydrogen) atoms. The van der Waals surface area contributed by atoms with Crippen LogP contribution in [-0.2, 0) is 0 Å². The number of aliphatic imine (C=N–C) groups is 1. The molecular weight excluding hydrogens is 242 g/mol. The summed E-state index contributed by atoms with van der Waals surface area (Å²) in [7, 11) is 4.86. The van der Waals surface area contributed by atoms with Gasteiger partial charge in [0.1, 0.15) is 17.2 Å². The highest BCUT2D eigenvalue weighted by atomic mass is 16.5. The lowest BCUT2D eigenvalue weighted by atomic mass is 10.0. The molecule has 0 N–H and O–H groups in total. The zero-order valence-corrected chi connectivity index (χ0v) is 12.6. The molecule has 0 amide bonds. The molecule has 0 unspecified atom stereocenters. The van der Waals surface area contributed by atoms with E-state index >= 15 is 0 Å². The molecule has 0 saturated carbocycles. The van der Waals surface area contributed by atoms with Crippen molar-refractivity contribution in [1.82, 2.24) is 0 Å². The van der Waals surface area contributed by atoms with Gasteiger partial charge in [0, 0.05) is 18.3 Å².